The molecule has 2 atom stereocenters. The van der Waals surface area contributed by atoms with E-state index in [1.807, 2.05) is 0 Å². The van der Waals surface area contributed by atoms with Gasteiger partial charge in [-0.25, -0.2) is 0 Å². The van der Waals surface area contributed by atoms with Gasteiger partial charge in [0.05, 0.1) is 19.0 Å². The molecule has 2 unspecified atom stereocenters. The zero-order valence-corrected chi connectivity index (χ0v) is 10.2. The number of amides is 2. The van der Waals surface area contributed by atoms with Crippen molar-refractivity contribution in [2.45, 2.75) is 12.6 Å². The van der Waals surface area contributed by atoms with E-state index in [4.69, 9.17) is 11.6 Å². The average molecular weight is 264 g/mol. The summed E-state index contributed by atoms with van der Waals surface area (Å²) in [5, 5.41) is 8.22. The highest BCUT2D eigenvalue weighted by molar-refractivity contribution is 6.30. The molecule has 0 aromatic heterocycles. The average Bonchev–Trinajstić information content (AvgIpc) is 2.92. The molecule has 2 aliphatic rings. The van der Waals surface area contributed by atoms with Crippen molar-refractivity contribution in [2.24, 2.45) is 16.1 Å². The zero-order valence-electron chi connectivity index (χ0n) is 9.41. The minimum Gasteiger partial charge on any atom is -0.276 e. The van der Waals surface area contributed by atoms with E-state index >= 15 is 0 Å². The molecule has 0 saturated carbocycles. The number of rotatable bonds is 2. The van der Waals surface area contributed by atoms with Gasteiger partial charge in [0.15, 0.2) is 6.04 Å². The van der Waals surface area contributed by atoms with Crippen molar-refractivity contribution in [3.63, 3.8) is 0 Å². The highest BCUT2D eigenvalue weighted by Gasteiger charge is 2.50. The molecule has 2 aliphatic heterocycles. The standard InChI is InChI=1S/C12H10ClN3O2/c13-8-3-1-7(2-4-8)6-16-11(17)9-5-14-15-10(9)12(16)18/h1-4,9-10H,5-6H2. The molecule has 3 rings (SSSR count). The van der Waals surface area contributed by atoms with Crippen molar-refractivity contribution in [2.75, 3.05) is 6.54 Å². The van der Waals surface area contributed by atoms with E-state index in [9.17, 15) is 9.59 Å². The third-order valence-corrected chi connectivity index (χ3v) is 3.47. The van der Waals surface area contributed by atoms with E-state index in [0.29, 0.717) is 11.6 Å². The van der Waals surface area contributed by atoms with Crippen LogP contribution < -0.4 is 0 Å². The van der Waals surface area contributed by atoms with Crippen LogP contribution in [0.25, 0.3) is 0 Å². The van der Waals surface area contributed by atoms with Crippen molar-refractivity contribution in [3.05, 3.63) is 34.9 Å². The molecule has 5 nitrogen and oxygen atoms in total. The van der Waals surface area contributed by atoms with Crippen LogP contribution in [-0.2, 0) is 16.1 Å². The van der Waals surface area contributed by atoms with Crippen LogP contribution in [0.4, 0.5) is 0 Å². The number of azo groups is 1. The summed E-state index contributed by atoms with van der Waals surface area (Å²) >= 11 is 5.79. The summed E-state index contributed by atoms with van der Waals surface area (Å²) in [6, 6.07) is 6.49. The summed E-state index contributed by atoms with van der Waals surface area (Å²) in [5.41, 5.74) is 0.873. The Morgan fingerprint density at radius 1 is 1.22 bits per heavy atom. The Bertz CT molecular complexity index is 541. The molecule has 2 amide bonds. The summed E-state index contributed by atoms with van der Waals surface area (Å²) in [4.78, 5) is 25.3. The monoisotopic (exact) mass is 263 g/mol. The lowest BCUT2D eigenvalue weighted by Crippen LogP contribution is -2.31. The summed E-state index contributed by atoms with van der Waals surface area (Å²) in [6.45, 7) is 0.601. The Kier molecular flexibility index (Phi) is 2.63. The van der Waals surface area contributed by atoms with E-state index in [1.54, 1.807) is 24.3 Å². The van der Waals surface area contributed by atoms with Gasteiger partial charge in [0.2, 0.25) is 5.91 Å². The van der Waals surface area contributed by atoms with E-state index < -0.39 is 6.04 Å². The fourth-order valence-corrected chi connectivity index (χ4v) is 2.36. The third-order valence-electron chi connectivity index (χ3n) is 3.22. The largest absolute Gasteiger partial charge is 0.276 e. The van der Waals surface area contributed by atoms with Crippen LogP contribution in [0.2, 0.25) is 5.02 Å². The number of likely N-dealkylation sites (tertiary alicyclic amines) is 1. The van der Waals surface area contributed by atoms with Gasteiger partial charge in [-0.3, -0.25) is 14.5 Å². The predicted molar refractivity (Wildman–Crippen MR) is 64.0 cm³/mol. The lowest BCUT2D eigenvalue weighted by molar-refractivity contribution is -0.140. The molecule has 1 fully saturated rings. The van der Waals surface area contributed by atoms with Gasteiger partial charge < -0.3 is 0 Å². The van der Waals surface area contributed by atoms with Gasteiger partial charge in [0.1, 0.15) is 0 Å². The Balaban J connectivity index is 1.81. The van der Waals surface area contributed by atoms with Gasteiger partial charge in [0, 0.05) is 5.02 Å². The quantitative estimate of drug-likeness (QED) is 0.762. The molecular weight excluding hydrogens is 254 g/mol. The minimum absolute atomic E-state index is 0.176. The molecule has 0 radical (unpaired) electrons. The Hall–Kier alpha value is -1.75. The van der Waals surface area contributed by atoms with Crippen molar-refractivity contribution >= 4 is 23.4 Å². The minimum atomic E-state index is -0.593. The van der Waals surface area contributed by atoms with Crippen LogP contribution >= 0.6 is 11.6 Å². The SMILES string of the molecule is O=C1C2CN=NC2C(=O)N1Cc1ccc(Cl)cc1. The smallest absolute Gasteiger partial charge is 0.257 e. The van der Waals surface area contributed by atoms with E-state index in [-0.39, 0.29) is 24.3 Å². The van der Waals surface area contributed by atoms with Gasteiger partial charge in [-0.05, 0) is 17.7 Å². The number of halogens is 1. The zero-order chi connectivity index (χ0) is 12.7. The summed E-state index contributed by atoms with van der Waals surface area (Å²) in [5.74, 6) is -0.809. The van der Waals surface area contributed by atoms with E-state index in [2.05, 4.69) is 10.2 Å². The Morgan fingerprint density at radius 2 is 1.94 bits per heavy atom. The lowest BCUT2D eigenvalue weighted by Gasteiger charge is -2.14. The van der Waals surface area contributed by atoms with Crippen molar-refractivity contribution < 1.29 is 9.59 Å². The molecule has 1 aromatic rings. The molecule has 6 heteroatoms. The van der Waals surface area contributed by atoms with Crippen molar-refractivity contribution in [1.29, 1.82) is 0 Å². The second-order valence-electron chi connectivity index (χ2n) is 4.38. The molecule has 0 spiro atoms. The van der Waals surface area contributed by atoms with E-state index in [1.165, 1.54) is 4.90 Å². The van der Waals surface area contributed by atoms with Crippen LogP contribution in [-0.4, -0.2) is 29.3 Å². The third kappa shape index (κ3) is 1.71. The normalized spacial score (nSPS) is 25.9. The molecule has 18 heavy (non-hydrogen) atoms. The van der Waals surface area contributed by atoms with Crippen LogP contribution in [0.1, 0.15) is 5.56 Å². The number of nitrogens with zero attached hydrogens (tertiary/aromatic N) is 3. The van der Waals surface area contributed by atoms with Crippen LogP contribution in [0, 0.1) is 5.92 Å². The molecular formula is C12H10ClN3O2. The highest BCUT2D eigenvalue weighted by atomic mass is 35.5. The van der Waals surface area contributed by atoms with Gasteiger partial charge >= 0.3 is 0 Å². The number of fused-ring (bicyclic) bond motifs is 1. The van der Waals surface area contributed by atoms with Crippen molar-refractivity contribution in [1.82, 2.24) is 4.90 Å². The maximum atomic E-state index is 12.0. The second-order valence-corrected chi connectivity index (χ2v) is 4.82. The molecule has 1 saturated heterocycles. The highest BCUT2D eigenvalue weighted by Crippen LogP contribution is 2.29. The fourth-order valence-electron chi connectivity index (χ4n) is 2.23. The molecule has 0 N–H and O–H groups in total. The number of carbonyl (C=O) groups is 2. The van der Waals surface area contributed by atoms with Crippen LogP contribution in [0.15, 0.2) is 34.5 Å². The molecule has 2 heterocycles. The van der Waals surface area contributed by atoms with Gasteiger partial charge in [0.25, 0.3) is 5.91 Å². The van der Waals surface area contributed by atoms with Gasteiger partial charge in [-0.15, -0.1) is 0 Å². The maximum Gasteiger partial charge on any atom is 0.257 e. The number of benzene rings is 1. The summed E-state index contributed by atoms with van der Waals surface area (Å²) < 4.78 is 0. The second kappa shape index (κ2) is 4.17. The number of imide groups is 1. The van der Waals surface area contributed by atoms with Crippen LogP contribution in [0.5, 0.6) is 0 Å². The van der Waals surface area contributed by atoms with Gasteiger partial charge in [-0.1, -0.05) is 23.7 Å². The van der Waals surface area contributed by atoms with E-state index in [0.717, 1.165) is 5.56 Å². The first-order valence-corrected chi connectivity index (χ1v) is 6.01. The first-order chi connectivity index (χ1) is 8.66. The Morgan fingerprint density at radius 3 is 2.61 bits per heavy atom. The topological polar surface area (TPSA) is 62.1 Å². The molecule has 92 valence electrons. The van der Waals surface area contributed by atoms with Gasteiger partial charge in [-0.2, -0.15) is 10.2 Å². The molecule has 0 bridgehead atoms. The summed E-state index contributed by atoms with van der Waals surface area (Å²) in [7, 11) is 0. The maximum absolute atomic E-state index is 12.0. The lowest BCUT2D eigenvalue weighted by atomic mass is 10.1. The molecule has 1 aromatic carbocycles. The number of hydrogen-bond donors (Lipinski definition) is 0. The molecule has 0 aliphatic carbocycles. The number of carbonyl (C=O) groups excluding carboxylic acids is 2. The fraction of sp³-hybridized carbons (Fsp3) is 0.333. The Labute approximate surface area is 108 Å². The first kappa shape index (κ1) is 11.3. The van der Waals surface area contributed by atoms with Crippen LogP contribution in [0.3, 0.4) is 0 Å². The predicted octanol–water partition coefficient (Wildman–Crippen LogP) is 1.66. The summed E-state index contributed by atoms with van der Waals surface area (Å²) in [6.07, 6.45) is 0. The van der Waals surface area contributed by atoms with Crippen molar-refractivity contribution in [3.8, 4) is 0 Å². The first-order valence-electron chi connectivity index (χ1n) is 5.63. The number of hydrogen-bond acceptors (Lipinski definition) is 4.